The Morgan fingerprint density at radius 1 is 1.23 bits per heavy atom. The molecule has 1 aromatic heterocycles. The van der Waals surface area contributed by atoms with Gasteiger partial charge in [-0.25, -0.2) is 0 Å². The van der Waals surface area contributed by atoms with Gasteiger partial charge in [-0.2, -0.15) is 0 Å². The van der Waals surface area contributed by atoms with Crippen molar-refractivity contribution in [1.82, 2.24) is 9.88 Å². The summed E-state index contributed by atoms with van der Waals surface area (Å²) in [5.41, 5.74) is 3.73. The zero-order valence-electron chi connectivity index (χ0n) is 15.6. The first-order valence-corrected chi connectivity index (χ1v) is 8.67. The minimum atomic E-state index is -0.137. The van der Waals surface area contributed by atoms with Gasteiger partial charge >= 0.3 is 0 Å². The van der Waals surface area contributed by atoms with Crippen molar-refractivity contribution in [2.45, 2.75) is 32.7 Å². The molecule has 2 aromatic rings. The molecule has 0 unspecified atom stereocenters. The largest absolute Gasteiger partial charge is 0.497 e. The number of benzene rings is 1. The summed E-state index contributed by atoms with van der Waals surface area (Å²) in [5, 5.41) is 0. The van der Waals surface area contributed by atoms with Gasteiger partial charge in [0.05, 0.1) is 14.2 Å². The van der Waals surface area contributed by atoms with Gasteiger partial charge < -0.3 is 19.4 Å². The topological polar surface area (TPSA) is 71.6 Å². The summed E-state index contributed by atoms with van der Waals surface area (Å²) in [6.45, 7) is 2.23. The van der Waals surface area contributed by atoms with E-state index in [1.54, 1.807) is 32.2 Å². The monoisotopic (exact) mass is 356 g/mol. The van der Waals surface area contributed by atoms with E-state index in [-0.39, 0.29) is 11.7 Å². The number of amides is 1. The van der Waals surface area contributed by atoms with Crippen molar-refractivity contribution in [3.63, 3.8) is 0 Å². The smallest absolute Gasteiger partial charge is 0.270 e. The molecule has 26 heavy (non-hydrogen) atoms. The molecule has 0 saturated carbocycles. The van der Waals surface area contributed by atoms with Crippen molar-refractivity contribution < 1.29 is 19.1 Å². The van der Waals surface area contributed by atoms with Crippen molar-refractivity contribution >= 4 is 11.7 Å². The highest BCUT2D eigenvalue weighted by Crippen LogP contribution is 2.29. The number of fused-ring (bicyclic) bond motifs is 1. The molecule has 1 heterocycles. The first kappa shape index (κ1) is 18.0. The number of aromatic nitrogens is 1. The number of ether oxygens (including phenoxy) is 2. The number of hydrogen-bond donors (Lipinski definition) is 1. The van der Waals surface area contributed by atoms with Crippen LogP contribution in [-0.4, -0.2) is 42.8 Å². The minimum absolute atomic E-state index is 0.124. The lowest BCUT2D eigenvalue weighted by molar-refractivity contribution is 0.0778. The van der Waals surface area contributed by atoms with Crippen molar-refractivity contribution in [3.05, 3.63) is 46.3 Å². The van der Waals surface area contributed by atoms with Gasteiger partial charge in [0.2, 0.25) is 0 Å². The number of ketones is 1. The Kier molecular flexibility index (Phi) is 5.02. The third kappa shape index (κ3) is 3.19. The fourth-order valence-electron chi connectivity index (χ4n) is 3.49. The average Bonchev–Trinajstić information content (AvgIpc) is 2.99. The van der Waals surface area contributed by atoms with Crippen LogP contribution in [-0.2, 0) is 13.0 Å². The maximum absolute atomic E-state index is 12.9. The highest BCUT2D eigenvalue weighted by Gasteiger charge is 2.27. The van der Waals surface area contributed by atoms with Crippen LogP contribution in [0.2, 0.25) is 0 Å². The number of aryl methyl sites for hydroxylation is 1. The third-order valence-corrected chi connectivity index (χ3v) is 4.90. The number of aromatic amines is 1. The SMILES string of the molecule is COc1ccc(CN(C)C(=O)c2[nH]c3c(c2C)C(=O)CCC3)c(OC)c1. The zero-order chi connectivity index (χ0) is 18.8. The summed E-state index contributed by atoms with van der Waals surface area (Å²) in [6.07, 6.45) is 2.20. The second-order valence-corrected chi connectivity index (χ2v) is 6.59. The van der Waals surface area contributed by atoms with Gasteiger partial charge in [-0.3, -0.25) is 9.59 Å². The van der Waals surface area contributed by atoms with Crippen LogP contribution in [0.4, 0.5) is 0 Å². The minimum Gasteiger partial charge on any atom is -0.497 e. The van der Waals surface area contributed by atoms with E-state index in [1.165, 1.54) is 0 Å². The Morgan fingerprint density at radius 2 is 2.00 bits per heavy atom. The fraction of sp³-hybridized carbons (Fsp3) is 0.400. The quantitative estimate of drug-likeness (QED) is 0.893. The van der Waals surface area contributed by atoms with Gasteiger partial charge in [0.25, 0.3) is 5.91 Å². The van der Waals surface area contributed by atoms with Gasteiger partial charge in [0, 0.05) is 42.9 Å². The summed E-state index contributed by atoms with van der Waals surface area (Å²) in [6, 6.07) is 5.52. The molecule has 1 amide bonds. The lowest BCUT2D eigenvalue weighted by Gasteiger charge is -2.19. The van der Waals surface area contributed by atoms with E-state index in [2.05, 4.69) is 4.98 Å². The number of rotatable bonds is 5. The van der Waals surface area contributed by atoms with Crippen LogP contribution in [0.5, 0.6) is 11.5 Å². The second-order valence-electron chi connectivity index (χ2n) is 6.59. The number of nitrogens with zero attached hydrogens (tertiary/aromatic N) is 1. The highest BCUT2D eigenvalue weighted by molar-refractivity contribution is 6.04. The highest BCUT2D eigenvalue weighted by atomic mass is 16.5. The van der Waals surface area contributed by atoms with Gasteiger partial charge in [-0.05, 0) is 37.5 Å². The van der Waals surface area contributed by atoms with E-state index in [1.807, 2.05) is 19.1 Å². The summed E-state index contributed by atoms with van der Waals surface area (Å²) in [4.78, 5) is 29.9. The zero-order valence-corrected chi connectivity index (χ0v) is 15.6. The Bertz CT molecular complexity index is 854. The fourth-order valence-corrected chi connectivity index (χ4v) is 3.49. The van der Waals surface area contributed by atoms with E-state index >= 15 is 0 Å². The molecule has 1 aliphatic carbocycles. The molecule has 0 bridgehead atoms. The first-order chi connectivity index (χ1) is 12.5. The van der Waals surface area contributed by atoms with Gasteiger partial charge in [-0.1, -0.05) is 0 Å². The van der Waals surface area contributed by atoms with Crippen LogP contribution in [0.15, 0.2) is 18.2 Å². The molecule has 0 radical (unpaired) electrons. The molecule has 1 aromatic carbocycles. The summed E-state index contributed by atoms with van der Waals surface area (Å²) in [5.74, 6) is 1.36. The normalized spacial score (nSPS) is 13.3. The number of nitrogens with one attached hydrogen (secondary N) is 1. The number of H-pyrrole nitrogens is 1. The van der Waals surface area contributed by atoms with Crippen LogP contribution < -0.4 is 9.47 Å². The predicted molar refractivity (Wildman–Crippen MR) is 98.1 cm³/mol. The average molecular weight is 356 g/mol. The molecule has 0 fully saturated rings. The van der Waals surface area contributed by atoms with E-state index in [0.717, 1.165) is 29.7 Å². The van der Waals surface area contributed by atoms with Crippen LogP contribution in [0.3, 0.4) is 0 Å². The van der Waals surface area contributed by atoms with Gasteiger partial charge in [0.15, 0.2) is 5.78 Å². The molecular formula is C20H24N2O4. The number of carbonyl (C=O) groups is 2. The molecule has 0 spiro atoms. The van der Waals surface area contributed by atoms with Crippen molar-refractivity contribution in [1.29, 1.82) is 0 Å². The van der Waals surface area contributed by atoms with E-state index in [0.29, 0.717) is 35.7 Å². The summed E-state index contributed by atoms with van der Waals surface area (Å²) in [7, 11) is 4.93. The van der Waals surface area contributed by atoms with Crippen LogP contribution >= 0.6 is 0 Å². The molecule has 1 N–H and O–H groups in total. The lowest BCUT2D eigenvalue weighted by atomic mass is 9.94. The van der Waals surface area contributed by atoms with Crippen molar-refractivity contribution in [3.8, 4) is 11.5 Å². The number of Topliss-reactive ketones (excluding diaryl/α,β-unsaturated/α-hetero) is 1. The Morgan fingerprint density at radius 3 is 2.65 bits per heavy atom. The van der Waals surface area contributed by atoms with E-state index in [9.17, 15) is 9.59 Å². The number of hydrogen-bond acceptors (Lipinski definition) is 4. The van der Waals surface area contributed by atoms with E-state index in [4.69, 9.17) is 9.47 Å². The Labute approximate surface area is 153 Å². The maximum Gasteiger partial charge on any atom is 0.270 e. The first-order valence-electron chi connectivity index (χ1n) is 8.67. The molecule has 138 valence electrons. The molecule has 0 saturated heterocycles. The van der Waals surface area contributed by atoms with Crippen LogP contribution in [0.25, 0.3) is 0 Å². The number of carbonyl (C=O) groups excluding carboxylic acids is 2. The second kappa shape index (κ2) is 7.23. The molecule has 3 rings (SSSR count). The Hall–Kier alpha value is -2.76. The third-order valence-electron chi connectivity index (χ3n) is 4.90. The van der Waals surface area contributed by atoms with Gasteiger partial charge in [-0.15, -0.1) is 0 Å². The standard InChI is InChI=1S/C20H24N2O4/c1-12-18-15(6-5-7-16(18)23)21-19(12)20(24)22(2)11-13-8-9-14(25-3)10-17(13)26-4/h8-10,21H,5-7,11H2,1-4H3. The van der Waals surface area contributed by atoms with Crippen molar-refractivity contribution in [2.24, 2.45) is 0 Å². The Balaban J connectivity index is 1.84. The van der Waals surface area contributed by atoms with Crippen LogP contribution in [0.1, 0.15) is 50.5 Å². The maximum atomic E-state index is 12.9. The number of methoxy groups -OCH3 is 2. The lowest BCUT2D eigenvalue weighted by Crippen LogP contribution is -2.27. The molecule has 6 nitrogen and oxygen atoms in total. The van der Waals surface area contributed by atoms with Gasteiger partial charge in [0.1, 0.15) is 17.2 Å². The molecule has 1 aliphatic rings. The predicted octanol–water partition coefficient (Wildman–Crippen LogP) is 3.13. The van der Waals surface area contributed by atoms with E-state index < -0.39 is 0 Å². The van der Waals surface area contributed by atoms with Crippen molar-refractivity contribution in [2.75, 3.05) is 21.3 Å². The molecule has 0 atom stereocenters. The summed E-state index contributed by atoms with van der Waals surface area (Å²) >= 11 is 0. The van der Waals surface area contributed by atoms with Crippen LogP contribution in [0, 0.1) is 6.92 Å². The molecular weight excluding hydrogens is 332 g/mol. The molecule has 0 aliphatic heterocycles. The summed E-state index contributed by atoms with van der Waals surface area (Å²) < 4.78 is 10.6. The molecule has 6 heteroatoms.